The molecule has 1 aromatic rings. The third kappa shape index (κ3) is 2.23. The van der Waals surface area contributed by atoms with Crippen LogP contribution in [0.15, 0.2) is 10.4 Å². The van der Waals surface area contributed by atoms with Crippen LogP contribution in [0.3, 0.4) is 0 Å². The molecule has 0 saturated carbocycles. The summed E-state index contributed by atoms with van der Waals surface area (Å²) in [5.41, 5.74) is 0. The van der Waals surface area contributed by atoms with Crippen molar-refractivity contribution < 1.29 is 17.0 Å². The molecule has 0 atom stereocenters. The summed E-state index contributed by atoms with van der Waals surface area (Å²) in [6.07, 6.45) is 0. The fourth-order valence-electron chi connectivity index (χ4n) is 0.596. The van der Waals surface area contributed by atoms with E-state index in [1.807, 2.05) is 0 Å². The third-order valence-electron chi connectivity index (χ3n) is 1.05. The first kappa shape index (κ1) is 9.56. The maximum absolute atomic E-state index is 12.3. The molecule has 1 aromatic heterocycles. The first-order valence-corrected chi connectivity index (χ1v) is 5.18. The van der Waals surface area contributed by atoms with Gasteiger partial charge in [-0.05, 0) is 0 Å². The van der Waals surface area contributed by atoms with Gasteiger partial charge in [0.05, 0.1) is 6.61 Å². The molecule has 12 heavy (non-hydrogen) atoms. The number of aromatic nitrogens is 1. The number of hydrogen-bond acceptors (Lipinski definition) is 5. The van der Waals surface area contributed by atoms with Gasteiger partial charge >= 0.3 is 10.2 Å². The monoisotopic (exact) mass is 211 g/mol. The second kappa shape index (κ2) is 3.46. The highest BCUT2D eigenvalue weighted by molar-refractivity contribution is 7.86. The van der Waals surface area contributed by atoms with Gasteiger partial charge in [-0.2, -0.15) is 8.42 Å². The van der Waals surface area contributed by atoms with Gasteiger partial charge in [0, 0.05) is 12.5 Å². The zero-order chi connectivity index (χ0) is 9.19. The molecular formula is C5H6FNO3S2. The molecule has 0 fully saturated rings. The maximum Gasteiger partial charge on any atom is 0.350 e. The normalized spacial score (nSPS) is 11.8. The Bertz CT molecular complexity index is 359. The maximum atomic E-state index is 12.3. The summed E-state index contributed by atoms with van der Waals surface area (Å²) < 4.78 is 37.5. The smallest absolute Gasteiger partial charge is 0.350 e. The summed E-state index contributed by atoms with van der Waals surface area (Å²) in [4.78, 5) is 3.50. The zero-order valence-corrected chi connectivity index (χ0v) is 7.78. The van der Waals surface area contributed by atoms with Gasteiger partial charge in [-0.15, -0.1) is 11.3 Å². The summed E-state index contributed by atoms with van der Waals surface area (Å²) in [6, 6.07) is 0. The van der Waals surface area contributed by atoms with Crippen LogP contribution in [0.4, 0.5) is 3.89 Å². The number of methoxy groups -OCH3 is 1. The van der Waals surface area contributed by atoms with Crippen molar-refractivity contribution in [2.75, 3.05) is 7.11 Å². The Labute approximate surface area is 73.2 Å². The number of thiazole rings is 1. The molecule has 0 N–H and O–H groups in total. The lowest BCUT2D eigenvalue weighted by Gasteiger charge is -1.89. The van der Waals surface area contributed by atoms with Gasteiger partial charge in [-0.25, -0.2) is 4.98 Å². The Morgan fingerprint density at radius 3 is 2.83 bits per heavy atom. The minimum absolute atomic E-state index is 0.195. The Morgan fingerprint density at radius 2 is 2.42 bits per heavy atom. The van der Waals surface area contributed by atoms with Crippen LogP contribution < -0.4 is 0 Å². The lowest BCUT2D eigenvalue weighted by atomic mass is 10.7. The number of ether oxygens (including phenoxy) is 1. The van der Waals surface area contributed by atoms with E-state index in [1.54, 1.807) is 0 Å². The lowest BCUT2D eigenvalue weighted by molar-refractivity contribution is 0.184. The van der Waals surface area contributed by atoms with E-state index >= 15 is 0 Å². The van der Waals surface area contributed by atoms with Crippen LogP contribution in [-0.4, -0.2) is 20.5 Å². The molecule has 0 aliphatic rings. The van der Waals surface area contributed by atoms with Crippen molar-refractivity contribution in [2.45, 2.75) is 11.6 Å². The molecule has 1 heterocycles. The first-order valence-electron chi connectivity index (χ1n) is 2.92. The van der Waals surface area contributed by atoms with Crippen LogP contribution in [0.25, 0.3) is 0 Å². The summed E-state index contributed by atoms with van der Waals surface area (Å²) in [6.45, 7) is 0.195. The van der Waals surface area contributed by atoms with Crippen molar-refractivity contribution in [3.05, 3.63) is 10.4 Å². The van der Waals surface area contributed by atoms with Crippen LogP contribution in [0.5, 0.6) is 0 Å². The molecule has 0 aliphatic carbocycles. The van der Waals surface area contributed by atoms with Gasteiger partial charge in [-0.1, -0.05) is 3.89 Å². The summed E-state index contributed by atoms with van der Waals surface area (Å²) >= 11 is 1.05. The quantitative estimate of drug-likeness (QED) is 0.698. The van der Waals surface area contributed by atoms with Crippen LogP contribution in [0, 0.1) is 0 Å². The van der Waals surface area contributed by atoms with Crippen molar-refractivity contribution in [3.8, 4) is 0 Å². The standard InChI is InChI=1S/C5H6FNO3S2/c1-10-2-4-7-5(3-11-4)12(6,8)9/h3H,2H2,1H3. The van der Waals surface area contributed by atoms with Crippen LogP contribution in [0.1, 0.15) is 5.01 Å². The predicted molar refractivity (Wildman–Crippen MR) is 41.1 cm³/mol. The molecule has 0 spiro atoms. The summed E-state index contributed by atoms with van der Waals surface area (Å²) in [5, 5.41) is 1.04. The lowest BCUT2D eigenvalue weighted by Crippen LogP contribution is -1.93. The molecule has 0 aliphatic heterocycles. The number of hydrogen-bond donors (Lipinski definition) is 0. The molecule has 7 heteroatoms. The van der Waals surface area contributed by atoms with E-state index < -0.39 is 15.2 Å². The Kier molecular flexibility index (Phi) is 2.76. The SMILES string of the molecule is COCc1nc(S(=O)(=O)F)cs1. The minimum atomic E-state index is -4.66. The molecule has 1 rings (SSSR count). The molecular weight excluding hydrogens is 205 g/mol. The van der Waals surface area contributed by atoms with E-state index in [0.29, 0.717) is 5.01 Å². The van der Waals surface area contributed by atoms with Crippen molar-refractivity contribution in [1.29, 1.82) is 0 Å². The largest absolute Gasteiger partial charge is 0.378 e. The average molecular weight is 211 g/mol. The van der Waals surface area contributed by atoms with E-state index in [4.69, 9.17) is 0 Å². The predicted octanol–water partition coefficient (Wildman–Crippen LogP) is 0.948. The van der Waals surface area contributed by atoms with Crippen molar-refractivity contribution in [2.24, 2.45) is 0 Å². The Hall–Kier alpha value is -0.530. The molecule has 0 saturated heterocycles. The third-order valence-corrected chi connectivity index (χ3v) is 2.73. The highest BCUT2D eigenvalue weighted by atomic mass is 32.3. The van der Waals surface area contributed by atoms with Gasteiger partial charge < -0.3 is 4.74 Å². The topological polar surface area (TPSA) is 56.3 Å². The fourth-order valence-corrected chi connectivity index (χ4v) is 2.10. The van der Waals surface area contributed by atoms with E-state index in [0.717, 1.165) is 16.7 Å². The van der Waals surface area contributed by atoms with Crippen LogP contribution >= 0.6 is 11.3 Å². The Morgan fingerprint density at radius 1 is 1.75 bits per heavy atom. The fraction of sp³-hybridized carbons (Fsp3) is 0.400. The average Bonchev–Trinajstić information content (AvgIpc) is 2.35. The van der Waals surface area contributed by atoms with E-state index in [9.17, 15) is 12.3 Å². The zero-order valence-electron chi connectivity index (χ0n) is 6.15. The van der Waals surface area contributed by atoms with Gasteiger partial charge in [0.1, 0.15) is 5.01 Å². The molecule has 0 amide bonds. The first-order chi connectivity index (χ1) is 5.54. The van der Waals surface area contributed by atoms with E-state index in [1.165, 1.54) is 7.11 Å². The van der Waals surface area contributed by atoms with Crippen LogP contribution in [0.2, 0.25) is 0 Å². The van der Waals surface area contributed by atoms with Gasteiger partial charge in [0.15, 0.2) is 5.03 Å². The second-order valence-electron chi connectivity index (χ2n) is 1.95. The van der Waals surface area contributed by atoms with Gasteiger partial charge in [-0.3, -0.25) is 0 Å². The van der Waals surface area contributed by atoms with Crippen molar-refractivity contribution in [3.63, 3.8) is 0 Å². The number of nitrogens with zero attached hydrogens (tertiary/aromatic N) is 1. The highest BCUT2D eigenvalue weighted by Crippen LogP contribution is 2.16. The van der Waals surface area contributed by atoms with Crippen molar-refractivity contribution in [1.82, 2.24) is 4.98 Å². The van der Waals surface area contributed by atoms with Crippen molar-refractivity contribution >= 4 is 21.6 Å². The van der Waals surface area contributed by atoms with Gasteiger partial charge in [0.2, 0.25) is 0 Å². The van der Waals surface area contributed by atoms with E-state index in [2.05, 4.69) is 9.72 Å². The molecule has 0 unspecified atom stereocenters. The minimum Gasteiger partial charge on any atom is -0.378 e. The second-order valence-corrected chi connectivity index (χ2v) is 4.19. The molecule has 68 valence electrons. The molecule has 4 nitrogen and oxygen atoms in total. The van der Waals surface area contributed by atoms with Crippen LogP contribution in [-0.2, 0) is 21.6 Å². The van der Waals surface area contributed by atoms with Gasteiger partial charge in [0.25, 0.3) is 0 Å². The molecule has 0 aromatic carbocycles. The molecule has 0 bridgehead atoms. The summed E-state index contributed by atoms with van der Waals surface area (Å²) in [5.74, 6) is 0. The molecule has 0 radical (unpaired) electrons. The number of rotatable bonds is 3. The summed E-state index contributed by atoms with van der Waals surface area (Å²) in [7, 11) is -3.21. The Balaban J connectivity index is 2.92. The highest BCUT2D eigenvalue weighted by Gasteiger charge is 2.15. The van der Waals surface area contributed by atoms with E-state index in [-0.39, 0.29) is 6.61 Å². The number of halogens is 1.